The number of hydrogen-bond donors (Lipinski definition) is 3. The van der Waals surface area contributed by atoms with Gasteiger partial charge in [0.15, 0.2) is 0 Å². The van der Waals surface area contributed by atoms with Crippen LogP contribution >= 0.6 is 0 Å². The molecule has 1 aliphatic carbocycles. The number of anilines is 1. The first-order valence-electron chi connectivity index (χ1n) is 11.2. The van der Waals surface area contributed by atoms with Gasteiger partial charge in [-0.25, -0.2) is 14.8 Å². The fourth-order valence-electron chi connectivity index (χ4n) is 4.50. The molecule has 1 heterocycles. The van der Waals surface area contributed by atoms with Gasteiger partial charge in [0.1, 0.15) is 6.07 Å². The van der Waals surface area contributed by atoms with Crippen LogP contribution in [0.3, 0.4) is 0 Å². The third-order valence-corrected chi connectivity index (χ3v) is 6.08. The molecule has 0 aliphatic heterocycles. The number of nitrogens with zero attached hydrogens (tertiary/aromatic N) is 3. The Morgan fingerprint density at radius 1 is 1.06 bits per heavy atom. The van der Waals surface area contributed by atoms with Crippen molar-refractivity contribution in [1.82, 2.24) is 15.3 Å². The molecule has 172 valence electrons. The molecule has 3 aromatic rings. The predicted molar refractivity (Wildman–Crippen MR) is 127 cm³/mol. The van der Waals surface area contributed by atoms with E-state index in [1.54, 1.807) is 24.4 Å². The standard InChI is InChI=1S/C26H25N5O3/c27-17-23-28-14-11-22(30-23)26(12-5-2-6-13-26)31-25(34)29-21-15-18(16-24(32)33)9-10-20(21)19-7-3-1-4-8-19/h1,3-4,7-11,14-15H,2,5-6,12-13,16H2,(H,32,33)(H2,29,31,34). The summed E-state index contributed by atoms with van der Waals surface area (Å²) in [5.74, 6) is -0.876. The Morgan fingerprint density at radius 2 is 1.82 bits per heavy atom. The van der Waals surface area contributed by atoms with Gasteiger partial charge >= 0.3 is 12.0 Å². The Labute approximate surface area is 197 Å². The number of aromatic nitrogens is 2. The molecule has 2 aromatic carbocycles. The van der Waals surface area contributed by atoms with Crippen molar-refractivity contribution in [2.75, 3.05) is 5.32 Å². The minimum atomic E-state index is -0.943. The van der Waals surface area contributed by atoms with E-state index in [-0.39, 0.29) is 12.2 Å². The van der Waals surface area contributed by atoms with E-state index in [2.05, 4.69) is 20.6 Å². The highest BCUT2D eigenvalue weighted by atomic mass is 16.4. The fraction of sp³-hybridized carbons (Fsp3) is 0.269. The Kier molecular flexibility index (Phi) is 6.83. The zero-order valence-corrected chi connectivity index (χ0v) is 18.6. The van der Waals surface area contributed by atoms with E-state index in [0.717, 1.165) is 30.4 Å². The summed E-state index contributed by atoms with van der Waals surface area (Å²) < 4.78 is 0. The molecule has 4 rings (SSSR count). The maximum Gasteiger partial charge on any atom is 0.320 e. The number of carbonyl (C=O) groups is 2. The molecule has 8 heteroatoms. The minimum absolute atomic E-state index is 0.0670. The van der Waals surface area contributed by atoms with E-state index in [0.29, 0.717) is 29.8 Å². The summed E-state index contributed by atoms with van der Waals surface area (Å²) in [7, 11) is 0. The van der Waals surface area contributed by atoms with Crippen LogP contribution in [0.2, 0.25) is 0 Å². The zero-order chi connectivity index (χ0) is 24.0. The van der Waals surface area contributed by atoms with Gasteiger partial charge in [-0.1, -0.05) is 61.7 Å². The SMILES string of the molecule is N#Cc1nccc(C2(NC(=O)Nc3cc(CC(=O)O)ccc3-c3ccccc3)CCCCC2)n1. The van der Waals surface area contributed by atoms with Crippen LogP contribution in [0.25, 0.3) is 11.1 Å². The summed E-state index contributed by atoms with van der Waals surface area (Å²) in [4.78, 5) is 32.9. The van der Waals surface area contributed by atoms with Crippen molar-refractivity contribution in [3.63, 3.8) is 0 Å². The molecule has 0 saturated heterocycles. The van der Waals surface area contributed by atoms with Crippen LogP contribution in [0.4, 0.5) is 10.5 Å². The first kappa shape index (κ1) is 22.9. The number of benzene rings is 2. The lowest BCUT2D eigenvalue weighted by Crippen LogP contribution is -2.49. The average molecular weight is 456 g/mol. The molecule has 0 radical (unpaired) electrons. The molecule has 0 unspecified atom stereocenters. The first-order valence-corrected chi connectivity index (χ1v) is 11.2. The molecule has 1 fully saturated rings. The number of hydrogen-bond acceptors (Lipinski definition) is 5. The number of carbonyl (C=O) groups excluding carboxylic acids is 1. The van der Waals surface area contributed by atoms with E-state index >= 15 is 0 Å². The second kappa shape index (κ2) is 10.1. The van der Waals surface area contributed by atoms with Gasteiger partial charge < -0.3 is 15.7 Å². The maximum atomic E-state index is 13.3. The number of urea groups is 1. The molecule has 0 bridgehead atoms. The summed E-state index contributed by atoms with van der Waals surface area (Å²) in [5.41, 5.74) is 2.72. The number of carboxylic acids is 1. The van der Waals surface area contributed by atoms with Crippen LogP contribution in [0.5, 0.6) is 0 Å². The second-order valence-electron chi connectivity index (χ2n) is 8.42. The van der Waals surface area contributed by atoms with Crippen LogP contribution in [0.15, 0.2) is 60.8 Å². The quantitative estimate of drug-likeness (QED) is 0.497. The van der Waals surface area contributed by atoms with Gasteiger partial charge in [-0.15, -0.1) is 0 Å². The van der Waals surface area contributed by atoms with Gasteiger partial charge in [0, 0.05) is 11.8 Å². The van der Waals surface area contributed by atoms with Gasteiger partial charge in [0.25, 0.3) is 0 Å². The highest BCUT2D eigenvalue weighted by molar-refractivity contribution is 5.95. The van der Waals surface area contributed by atoms with Crippen LogP contribution < -0.4 is 10.6 Å². The van der Waals surface area contributed by atoms with E-state index < -0.39 is 17.5 Å². The van der Waals surface area contributed by atoms with E-state index in [1.165, 1.54) is 0 Å². The fourth-order valence-corrected chi connectivity index (χ4v) is 4.50. The molecule has 1 aliphatic rings. The second-order valence-corrected chi connectivity index (χ2v) is 8.42. The molecule has 1 aromatic heterocycles. The predicted octanol–water partition coefficient (Wildman–Crippen LogP) is 4.62. The van der Waals surface area contributed by atoms with E-state index in [4.69, 9.17) is 0 Å². The molecule has 1 saturated carbocycles. The third-order valence-electron chi connectivity index (χ3n) is 6.08. The third kappa shape index (κ3) is 5.21. The Morgan fingerprint density at radius 3 is 2.53 bits per heavy atom. The van der Waals surface area contributed by atoms with Crippen molar-refractivity contribution >= 4 is 17.7 Å². The van der Waals surface area contributed by atoms with Crippen molar-refractivity contribution in [3.05, 3.63) is 77.9 Å². The van der Waals surface area contributed by atoms with Crippen molar-refractivity contribution in [2.45, 2.75) is 44.1 Å². The van der Waals surface area contributed by atoms with Gasteiger partial charge in [-0.05, 0) is 36.1 Å². The van der Waals surface area contributed by atoms with Crippen LogP contribution in [-0.2, 0) is 16.8 Å². The normalized spacial score (nSPS) is 14.6. The molecule has 0 atom stereocenters. The lowest BCUT2D eigenvalue weighted by molar-refractivity contribution is -0.136. The Balaban J connectivity index is 1.65. The first-order chi connectivity index (χ1) is 16.5. The van der Waals surface area contributed by atoms with Crippen LogP contribution in [0.1, 0.15) is 49.2 Å². The number of rotatable bonds is 6. The summed E-state index contributed by atoms with van der Waals surface area (Å²) in [6.45, 7) is 0. The Bertz CT molecular complexity index is 1230. The molecule has 8 nitrogen and oxygen atoms in total. The number of amides is 2. The highest BCUT2D eigenvalue weighted by Crippen LogP contribution is 2.36. The molecule has 3 N–H and O–H groups in total. The van der Waals surface area contributed by atoms with Gasteiger partial charge in [-0.2, -0.15) is 5.26 Å². The van der Waals surface area contributed by atoms with Gasteiger partial charge in [0.2, 0.25) is 5.82 Å². The van der Waals surface area contributed by atoms with E-state index in [1.807, 2.05) is 42.5 Å². The van der Waals surface area contributed by atoms with Crippen molar-refractivity contribution in [3.8, 4) is 17.2 Å². The minimum Gasteiger partial charge on any atom is -0.481 e. The summed E-state index contributed by atoms with van der Waals surface area (Å²) >= 11 is 0. The molecular weight excluding hydrogens is 430 g/mol. The topological polar surface area (TPSA) is 128 Å². The largest absolute Gasteiger partial charge is 0.481 e. The van der Waals surface area contributed by atoms with Gasteiger partial charge in [0.05, 0.1) is 23.3 Å². The molecule has 2 amide bonds. The van der Waals surface area contributed by atoms with E-state index in [9.17, 15) is 20.0 Å². The molecule has 34 heavy (non-hydrogen) atoms. The van der Waals surface area contributed by atoms with Gasteiger partial charge in [-0.3, -0.25) is 4.79 Å². The summed E-state index contributed by atoms with van der Waals surface area (Å²) in [6.07, 6.45) is 5.72. The molecular formula is C26H25N5O3. The monoisotopic (exact) mass is 455 g/mol. The molecule has 0 spiro atoms. The summed E-state index contributed by atoms with van der Waals surface area (Å²) in [5, 5.41) is 24.5. The summed E-state index contributed by atoms with van der Waals surface area (Å²) in [6, 6.07) is 18.2. The van der Waals surface area contributed by atoms with Crippen molar-refractivity contribution < 1.29 is 14.7 Å². The zero-order valence-electron chi connectivity index (χ0n) is 18.6. The van der Waals surface area contributed by atoms with Crippen molar-refractivity contribution in [2.24, 2.45) is 0 Å². The van der Waals surface area contributed by atoms with Crippen LogP contribution in [0, 0.1) is 11.3 Å². The average Bonchev–Trinajstić information content (AvgIpc) is 2.85. The lowest BCUT2D eigenvalue weighted by atomic mass is 9.79. The van der Waals surface area contributed by atoms with Crippen molar-refractivity contribution in [1.29, 1.82) is 5.26 Å². The highest BCUT2D eigenvalue weighted by Gasteiger charge is 2.37. The number of carboxylic acid groups (broad SMARTS) is 1. The smallest absolute Gasteiger partial charge is 0.320 e. The number of aliphatic carboxylic acids is 1. The van der Waals surface area contributed by atoms with Crippen LogP contribution in [-0.4, -0.2) is 27.1 Å². The maximum absolute atomic E-state index is 13.3. The number of nitrogens with one attached hydrogen (secondary N) is 2. The number of nitriles is 1. The lowest BCUT2D eigenvalue weighted by Gasteiger charge is -2.37. The Hall–Kier alpha value is -4.25.